The summed E-state index contributed by atoms with van der Waals surface area (Å²) < 4.78 is 0. The number of benzene rings is 2. The minimum absolute atomic E-state index is 0.0813. The average molecular weight is 318 g/mol. The first-order valence-electron chi connectivity index (χ1n) is 7.15. The number of fused-ring (bicyclic) bond motifs is 2. The van der Waals surface area contributed by atoms with Crippen molar-refractivity contribution < 1.29 is 0 Å². The molecule has 3 rings (SSSR count). The molecule has 0 amide bonds. The molecule has 1 aromatic heterocycles. The molecule has 0 saturated carbocycles. The van der Waals surface area contributed by atoms with Gasteiger partial charge in [0, 0.05) is 16.3 Å². The Kier molecular flexibility index (Phi) is 3.72. The number of para-hydroxylation sites is 1. The molecule has 0 saturated heterocycles. The van der Waals surface area contributed by atoms with Crippen LogP contribution < -0.4 is 16.6 Å². The van der Waals surface area contributed by atoms with Crippen molar-refractivity contribution in [3.05, 3.63) is 52.2 Å². The smallest absolute Gasteiger partial charge is 0.201 e. The van der Waals surface area contributed by atoms with Crippen LogP contribution in [0.3, 0.4) is 0 Å². The van der Waals surface area contributed by atoms with Crippen molar-refractivity contribution in [1.82, 2.24) is 4.98 Å². The fraction of sp³-hybridized carbons (Fsp3) is 0.0588. The summed E-state index contributed by atoms with van der Waals surface area (Å²) in [5.41, 5.74) is 10.5. The minimum Gasteiger partial charge on any atom is -0.382 e. The molecule has 5 N–H and O–H groups in total. The standard InChI is InChI=1S/C17H14N6O/c1-9-5-6-12-11(7-9)16(24)10-3-2-4-13(15(10)21-12)22-23-14(8-18)17(19)20/h2-7,22H,1H3,(H3,19,20)(H,21,24)/b23-14+. The third-order valence-electron chi connectivity index (χ3n) is 3.64. The van der Waals surface area contributed by atoms with E-state index in [1.165, 1.54) is 0 Å². The number of nitriles is 1. The van der Waals surface area contributed by atoms with Gasteiger partial charge in [0.2, 0.25) is 5.71 Å². The summed E-state index contributed by atoms with van der Waals surface area (Å²) in [5.74, 6) is -0.431. The van der Waals surface area contributed by atoms with E-state index in [9.17, 15) is 4.79 Å². The Hall–Kier alpha value is -3.66. The minimum atomic E-state index is -0.431. The van der Waals surface area contributed by atoms with Crippen molar-refractivity contribution in [2.24, 2.45) is 10.8 Å². The fourth-order valence-corrected chi connectivity index (χ4v) is 2.47. The van der Waals surface area contributed by atoms with Gasteiger partial charge in [0.1, 0.15) is 6.07 Å². The van der Waals surface area contributed by atoms with Crippen LogP contribution in [0, 0.1) is 23.7 Å². The van der Waals surface area contributed by atoms with E-state index >= 15 is 0 Å². The lowest BCUT2D eigenvalue weighted by molar-refractivity contribution is 1.33. The number of nitrogens with zero attached hydrogens (tertiary/aromatic N) is 2. The molecule has 3 aromatic rings. The number of aromatic amines is 1. The van der Waals surface area contributed by atoms with Crippen LogP contribution in [0.5, 0.6) is 0 Å². The molecule has 118 valence electrons. The summed E-state index contributed by atoms with van der Waals surface area (Å²) in [6, 6.07) is 12.5. The van der Waals surface area contributed by atoms with E-state index in [0.717, 1.165) is 5.56 Å². The number of rotatable bonds is 3. The third kappa shape index (κ3) is 2.57. The summed E-state index contributed by atoms with van der Waals surface area (Å²) in [4.78, 5) is 15.9. The predicted octanol–water partition coefficient (Wildman–Crippen LogP) is 2.22. The highest BCUT2D eigenvalue weighted by Crippen LogP contribution is 2.22. The Balaban J connectivity index is 2.23. The van der Waals surface area contributed by atoms with Gasteiger partial charge in [-0.1, -0.05) is 17.7 Å². The maximum Gasteiger partial charge on any atom is 0.201 e. The molecular formula is C17H14N6O. The Bertz CT molecular complexity index is 1100. The van der Waals surface area contributed by atoms with Crippen LogP contribution in [0.2, 0.25) is 0 Å². The zero-order chi connectivity index (χ0) is 17.3. The van der Waals surface area contributed by atoms with Crippen molar-refractivity contribution >= 4 is 39.0 Å². The quantitative estimate of drug-likeness (QED) is 0.255. The summed E-state index contributed by atoms with van der Waals surface area (Å²) in [6.07, 6.45) is 0. The largest absolute Gasteiger partial charge is 0.382 e. The molecule has 0 radical (unpaired) electrons. The lowest BCUT2D eigenvalue weighted by atomic mass is 10.1. The zero-order valence-corrected chi connectivity index (χ0v) is 12.8. The molecule has 0 fully saturated rings. The van der Waals surface area contributed by atoms with E-state index in [-0.39, 0.29) is 11.1 Å². The molecule has 0 atom stereocenters. The molecule has 0 bridgehead atoms. The summed E-state index contributed by atoms with van der Waals surface area (Å²) >= 11 is 0. The first-order valence-corrected chi connectivity index (χ1v) is 7.15. The van der Waals surface area contributed by atoms with Crippen LogP contribution >= 0.6 is 0 Å². The average Bonchev–Trinajstić information content (AvgIpc) is 2.56. The van der Waals surface area contributed by atoms with Gasteiger partial charge in [0.25, 0.3) is 0 Å². The molecule has 0 spiro atoms. The number of aromatic nitrogens is 1. The number of amidine groups is 1. The number of nitrogens with two attached hydrogens (primary N) is 1. The molecule has 0 aliphatic carbocycles. The lowest BCUT2D eigenvalue weighted by Crippen LogP contribution is -2.22. The zero-order valence-electron chi connectivity index (χ0n) is 12.8. The van der Waals surface area contributed by atoms with Crippen LogP contribution in [0.25, 0.3) is 21.8 Å². The normalized spacial score (nSPS) is 11.4. The lowest BCUT2D eigenvalue weighted by Gasteiger charge is -2.08. The number of pyridine rings is 1. The molecule has 2 aromatic carbocycles. The van der Waals surface area contributed by atoms with Gasteiger partial charge in [-0.3, -0.25) is 15.6 Å². The molecule has 0 aliphatic heterocycles. The number of aryl methyl sites for hydroxylation is 1. The summed E-state index contributed by atoms with van der Waals surface area (Å²) in [7, 11) is 0. The van der Waals surface area contributed by atoms with Crippen molar-refractivity contribution in [2.45, 2.75) is 6.92 Å². The number of hydrazone groups is 1. The van der Waals surface area contributed by atoms with E-state index < -0.39 is 5.84 Å². The van der Waals surface area contributed by atoms with Gasteiger partial charge in [0.05, 0.1) is 11.2 Å². The van der Waals surface area contributed by atoms with Crippen molar-refractivity contribution in [1.29, 1.82) is 10.7 Å². The Morgan fingerprint density at radius 3 is 2.83 bits per heavy atom. The van der Waals surface area contributed by atoms with E-state index in [2.05, 4.69) is 15.5 Å². The first-order chi connectivity index (χ1) is 11.5. The Morgan fingerprint density at radius 2 is 2.12 bits per heavy atom. The SMILES string of the molecule is Cc1ccc2[nH]c3c(N/N=C(\C#N)C(=N)N)cccc3c(=O)c2c1. The van der Waals surface area contributed by atoms with Gasteiger partial charge in [-0.2, -0.15) is 10.4 Å². The molecule has 7 nitrogen and oxygen atoms in total. The van der Waals surface area contributed by atoms with E-state index in [0.29, 0.717) is 27.5 Å². The third-order valence-corrected chi connectivity index (χ3v) is 3.64. The second-order valence-corrected chi connectivity index (χ2v) is 5.33. The van der Waals surface area contributed by atoms with Gasteiger partial charge in [-0.25, -0.2) is 0 Å². The van der Waals surface area contributed by atoms with Gasteiger partial charge >= 0.3 is 0 Å². The van der Waals surface area contributed by atoms with E-state index in [1.807, 2.05) is 25.1 Å². The van der Waals surface area contributed by atoms with E-state index in [1.54, 1.807) is 24.3 Å². The highest BCUT2D eigenvalue weighted by Gasteiger charge is 2.09. The van der Waals surface area contributed by atoms with Gasteiger partial charge < -0.3 is 10.7 Å². The van der Waals surface area contributed by atoms with Crippen LogP contribution in [-0.2, 0) is 0 Å². The molecule has 7 heteroatoms. The highest BCUT2D eigenvalue weighted by atomic mass is 16.1. The van der Waals surface area contributed by atoms with Crippen LogP contribution in [0.15, 0.2) is 46.3 Å². The molecule has 24 heavy (non-hydrogen) atoms. The fourth-order valence-electron chi connectivity index (χ4n) is 2.47. The number of nitrogens with one attached hydrogen (secondary N) is 3. The van der Waals surface area contributed by atoms with Gasteiger partial charge in [-0.15, -0.1) is 0 Å². The van der Waals surface area contributed by atoms with Crippen LogP contribution in [0.1, 0.15) is 5.56 Å². The number of hydrogen-bond acceptors (Lipinski definition) is 5. The molecular weight excluding hydrogens is 304 g/mol. The predicted molar refractivity (Wildman–Crippen MR) is 95.4 cm³/mol. The number of hydrogen-bond donors (Lipinski definition) is 4. The first kappa shape index (κ1) is 15.2. The monoisotopic (exact) mass is 318 g/mol. The summed E-state index contributed by atoms with van der Waals surface area (Å²) in [5, 5.41) is 21.1. The molecule has 0 unspecified atom stereocenters. The highest BCUT2D eigenvalue weighted by molar-refractivity contribution is 6.45. The van der Waals surface area contributed by atoms with Crippen molar-refractivity contribution in [3.63, 3.8) is 0 Å². The molecule has 0 aliphatic rings. The van der Waals surface area contributed by atoms with Crippen LogP contribution in [0.4, 0.5) is 5.69 Å². The van der Waals surface area contributed by atoms with Gasteiger partial charge in [-0.05, 0) is 31.2 Å². The van der Waals surface area contributed by atoms with Crippen molar-refractivity contribution in [3.8, 4) is 6.07 Å². The maximum atomic E-state index is 12.7. The molecule has 1 heterocycles. The van der Waals surface area contributed by atoms with Crippen LogP contribution in [-0.4, -0.2) is 16.5 Å². The summed E-state index contributed by atoms with van der Waals surface area (Å²) in [6.45, 7) is 1.93. The Morgan fingerprint density at radius 1 is 1.33 bits per heavy atom. The Labute approximate surface area is 136 Å². The second kappa shape index (κ2) is 5.85. The maximum absolute atomic E-state index is 12.7. The van der Waals surface area contributed by atoms with Crippen molar-refractivity contribution in [2.75, 3.05) is 5.43 Å². The number of anilines is 1. The topological polar surface area (TPSA) is 131 Å². The van der Waals surface area contributed by atoms with E-state index in [4.69, 9.17) is 16.4 Å². The second-order valence-electron chi connectivity index (χ2n) is 5.33. The number of H-pyrrole nitrogens is 1. The van der Waals surface area contributed by atoms with Gasteiger partial charge in [0.15, 0.2) is 11.3 Å².